The fourth-order valence-corrected chi connectivity index (χ4v) is 3.66. The van der Waals surface area contributed by atoms with E-state index >= 15 is 0 Å². The Bertz CT molecular complexity index is 944. The largest absolute Gasteiger partial charge is 0.505 e. The maximum atomic E-state index is 13.2. The van der Waals surface area contributed by atoms with Crippen LogP contribution in [0.5, 0.6) is 5.75 Å². The van der Waals surface area contributed by atoms with Gasteiger partial charge in [-0.1, -0.05) is 24.8 Å². The van der Waals surface area contributed by atoms with E-state index in [9.17, 15) is 14.3 Å². The molecule has 2 aromatic carbocycles. The molecule has 0 atom stereocenters. The molecule has 2 N–H and O–H groups in total. The van der Waals surface area contributed by atoms with Gasteiger partial charge in [-0.25, -0.2) is 8.70 Å². The number of carbonyl (C=O) groups excluding carboxylic acids is 1. The Morgan fingerprint density at radius 3 is 2.64 bits per heavy atom. The SMILES string of the molecule is C=Cc1c(N=C)c(O)c2c(c1NSN(C)C)CN(Cc1ccc(F)cc1)C2=O. The van der Waals surface area contributed by atoms with Crippen molar-refractivity contribution in [2.45, 2.75) is 13.1 Å². The van der Waals surface area contributed by atoms with Gasteiger partial charge >= 0.3 is 0 Å². The number of phenols is 1. The van der Waals surface area contributed by atoms with E-state index in [0.717, 1.165) is 5.56 Å². The standard InChI is InChI=1S/C20H21FN4O2S/c1-5-14-17(23-28-24(3)4)15-11-25(10-12-6-8-13(21)9-7-12)20(27)16(15)19(26)18(14)22-2/h5-9,23,26H,1-2,10-11H2,3-4H3. The molecule has 0 fully saturated rings. The van der Waals surface area contributed by atoms with Crippen LogP contribution in [0.3, 0.4) is 0 Å². The number of nitrogens with one attached hydrogen (secondary N) is 1. The highest BCUT2D eigenvalue weighted by Gasteiger charge is 2.36. The molecule has 3 rings (SSSR count). The molecule has 0 unspecified atom stereocenters. The minimum Gasteiger partial charge on any atom is -0.505 e. The highest BCUT2D eigenvalue weighted by atomic mass is 32.2. The van der Waals surface area contributed by atoms with Gasteiger partial charge in [0.1, 0.15) is 11.5 Å². The topological polar surface area (TPSA) is 68.2 Å². The zero-order valence-electron chi connectivity index (χ0n) is 15.7. The van der Waals surface area contributed by atoms with E-state index in [2.05, 4.69) is 23.0 Å². The molecule has 6 nitrogen and oxygen atoms in total. The molecular weight excluding hydrogens is 379 g/mol. The number of hydrogen-bond acceptors (Lipinski definition) is 6. The molecule has 28 heavy (non-hydrogen) atoms. The molecule has 0 aromatic heterocycles. The van der Waals surface area contributed by atoms with Crippen LogP contribution in [-0.4, -0.2) is 41.0 Å². The first-order valence-corrected chi connectivity index (χ1v) is 9.29. The average Bonchev–Trinajstić information content (AvgIpc) is 2.98. The molecule has 0 spiro atoms. The van der Waals surface area contributed by atoms with Crippen LogP contribution in [0.1, 0.15) is 27.0 Å². The lowest BCUT2D eigenvalue weighted by Crippen LogP contribution is -2.23. The van der Waals surface area contributed by atoms with Crippen LogP contribution in [0.15, 0.2) is 35.8 Å². The fourth-order valence-electron chi connectivity index (χ4n) is 3.15. The van der Waals surface area contributed by atoms with Crippen molar-refractivity contribution in [3.8, 4) is 5.75 Å². The predicted molar refractivity (Wildman–Crippen MR) is 112 cm³/mol. The third kappa shape index (κ3) is 3.61. The van der Waals surface area contributed by atoms with Crippen molar-refractivity contribution >= 4 is 42.2 Å². The Kier molecular flexibility index (Phi) is 5.71. The van der Waals surface area contributed by atoms with Crippen LogP contribution >= 0.6 is 12.1 Å². The van der Waals surface area contributed by atoms with Gasteiger partial charge < -0.3 is 14.7 Å². The summed E-state index contributed by atoms with van der Waals surface area (Å²) in [4.78, 5) is 18.5. The summed E-state index contributed by atoms with van der Waals surface area (Å²) in [6.07, 6.45) is 1.58. The Morgan fingerprint density at radius 2 is 2.07 bits per heavy atom. The number of fused-ring (bicyclic) bond motifs is 1. The predicted octanol–water partition coefficient (Wildman–Crippen LogP) is 4.20. The summed E-state index contributed by atoms with van der Waals surface area (Å²) in [7, 11) is 3.76. The first-order valence-electron chi connectivity index (χ1n) is 8.52. The van der Waals surface area contributed by atoms with Crippen LogP contribution in [0.4, 0.5) is 15.8 Å². The number of benzene rings is 2. The molecule has 2 aromatic rings. The number of hydrogen-bond donors (Lipinski definition) is 2. The molecule has 0 saturated carbocycles. The lowest BCUT2D eigenvalue weighted by atomic mass is 9.99. The molecule has 1 amide bonds. The van der Waals surface area contributed by atoms with Gasteiger partial charge in [0.05, 0.1) is 11.3 Å². The zero-order chi connectivity index (χ0) is 20.4. The van der Waals surface area contributed by atoms with Gasteiger partial charge in [0.25, 0.3) is 5.91 Å². The minimum atomic E-state index is -0.332. The minimum absolute atomic E-state index is 0.202. The van der Waals surface area contributed by atoms with Gasteiger partial charge in [-0.15, -0.1) is 0 Å². The van der Waals surface area contributed by atoms with Gasteiger partial charge in [0.2, 0.25) is 0 Å². The molecule has 1 aliphatic heterocycles. The maximum absolute atomic E-state index is 13.2. The third-order valence-corrected chi connectivity index (χ3v) is 5.08. The molecule has 0 aliphatic carbocycles. The molecule has 0 saturated heterocycles. The summed E-state index contributed by atoms with van der Waals surface area (Å²) in [6, 6.07) is 5.99. The number of nitrogens with zero attached hydrogens (tertiary/aromatic N) is 3. The lowest BCUT2D eigenvalue weighted by Gasteiger charge is -2.18. The smallest absolute Gasteiger partial charge is 0.258 e. The number of aromatic hydroxyl groups is 1. The van der Waals surface area contributed by atoms with Gasteiger partial charge in [-0.2, -0.15) is 0 Å². The second kappa shape index (κ2) is 8.04. The number of carbonyl (C=O) groups is 1. The van der Waals surface area contributed by atoms with Crippen molar-refractivity contribution in [3.05, 3.63) is 58.9 Å². The molecule has 0 bridgehead atoms. The average molecular weight is 400 g/mol. The first-order chi connectivity index (χ1) is 13.4. The van der Waals surface area contributed by atoms with Crippen LogP contribution in [0.25, 0.3) is 6.08 Å². The summed E-state index contributed by atoms with van der Waals surface area (Å²) >= 11 is 1.33. The van der Waals surface area contributed by atoms with E-state index < -0.39 is 0 Å². The summed E-state index contributed by atoms with van der Waals surface area (Å²) in [5.41, 5.74) is 3.13. The van der Waals surface area contributed by atoms with Crippen LogP contribution in [0, 0.1) is 5.82 Å². The molecule has 146 valence electrons. The quantitative estimate of drug-likeness (QED) is 0.414. The van der Waals surface area contributed by atoms with Crippen LogP contribution in [-0.2, 0) is 13.1 Å². The number of anilines is 1. The van der Waals surface area contributed by atoms with Crippen molar-refractivity contribution in [2.75, 3.05) is 18.8 Å². The first kappa shape index (κ1) is 19.9. The van der Waals surface area contributed by atoms with Crippen molar-refractivity contribution in [1.82, 2.24) is 9.21 Å². The Morgan fingerprint density at radius 1 is 1.39 bits per heavy atom. The fraction of sp³-hybridized carbons (Fsp3) is 0.200. The summed E-state index contributed by atoms with van der Waals surface area (Å²) in [6.45, 7) is 7.93. The monoisotopic (exact) mass is 400 g/mol. The zero-order valence-corrected chi connectivity index (χ0v) is 16.5. The highest BCUT2D eigenvalue weighted by molar-refractivity contribution is 7.98. The van der Waals surface area contributed by atoms with E-state index in [-0.39, 0.29) is 28.7 Å². The van der Waals surface area contributed by atoms with Crippen LogP contribution in [0.2, 0.25) is 0 Å². The number of phenolic OH excluding ortho intramolecular Hbond substituents is 1. The normalized spacial score (nSPS) is 13.0. The number of halogens is 1. The van der Waals surface area contributed by atoms with Crippen LogP contribution < -0.4 is 4.72 Å². The van der Waals surface area contributed by atoms with E-state index in [1.165, 1.54) is 24.3 Å². The molecule has 1 heterocycles. The maximum Gasteiger partial charge on any atom is 0.258 e. The number of amides is 1. The van der Waals surface area contributed by atoms with E-state index in [1.54, 1.807) is 23.1 Å². The van der Waals surface area contributed by atoms with E-state index in [4.69, 9.17) is 0 Å². The lowest BCUT2D eigenvalue weighted by molar-refractivity contribution is 0.0764. The Labute approximate surface area is 167 Å². The molecule has 1 aliphatic rings. The summed E-state index contributed by atoms with van der Waals surface area (Å²) in [5, 5.41) is 10.7. The molecular formula is C20H21FN4O2S. The van der Waals surface area contributed by atoms with E-state index in [0.29, 0.717) is 29.9 Å². The van der Waals surface area contributed by atoms with Gasteiger partial charge in [-0.05, 0) is 38.5 Å². The molecule has 0 radical (unpaired) electrons. The Hall–Kier alpha value is -2.84. The van der Waals surface area contributed by atoms with Gasteiger partial charge in [0, 0.05) is 36.4 Å². The van der Waals surface area contributed by atoms with Gasteiger partial charge in [0.15, 0.2) is 5.75 Å². The van der Waals surface area contributed by atoms with Crippen molar-refractivity contribution < 1.29 is 14.3 Å². The Balaban J connectivity index is 2.05. The van der Waals surface area contributed by atoms with Crippen molar-refractivity contribution in [2.24, 2.45) is 4.99 Å². The third-order valence-electron chi connectivity index (χ3n) is 4.42. The van der Waals surface area contributed by atoms with E-state index in [1.807, 2.05) is 18.4 Å². The summed E-state index contributed by atoms with van der Waals surface area (Å²) < 4.78 is 18.2. The van der Waals surface area contributed by atoms with Crippen molar-refractivity contribution in [1.29, 1.82) is 0 Å². The number of rotatable bonds is 7. The molecule has 8 heteroatoms. The second-order valence-corrected chi connectivity index (χ2v) is 7.61. The van der Waals surface area contributed by atoms with Crippen molar-refractivity contribution in [3.63, 3.8) is 0 Å². The number of aliphatic imine (C=N–C) groups is 1. The second-order valence-electron chi connectivity index (χ2n) is 6.50. The summed E-state index contributed by atoms with van der Waals surface area (Å²) in [5.74, 6) is -0.843. The highest BCUT2D eigenvalue weighted by Crippen LogP contribution is 2.47. The van der Waals surface area contributed by atoms with Gasteiger partial charge in [-0.3, -0.25) is 9.79 Å².